The van der Waals surface area contributed by atoms with Gasteiger partial charge < -0.3 is 5.32 Å². The van der Waals surface area contributed by atoms with Gasteiger partial charge in [0.15, 0.2) is 0 Å². The van der Waals surface area contributed by atoms with Gasteiger partial charge in [0.1, 0.15) is 6.54 Å². The van der Waals surface area contributed by atoms with Crippen LogP contribution in [0.5, 0.6) is 0 Å². The van der Waals surface area contributed by atoms with Crippen LogP contribution in [-0.4, -0.2) is 15.3 Å². The van der Waals surface area contributed by atoms with Gasteiger partial charge in [0.2, 0.25) is 0 Å². The van der Waals surface area contributed by atoms with Gasteiger partial charge in [-0.25, -0.2) is 0 Å². The lowest BCUT2D eigenvalue weighted by Crippen LogP contribution is -2.35. The normalized spacial score (nSPS) is 12.1. The Bertz CT molecular complexity index is 433. The molecule has 1 heterocycles. The van der Waals surface area contributed by atoms with Crippen LogP contribution in [0.3, 0.4) is 0 Å². The molecule has 0 unspecified atom stereocenters. The molecule has 0 aliphatic rings. The molecule has 0 radical (unpaired) electrons. The maximum absolute atomic E-state index is 4.48. The molecule has 0 amide bonds. The van der Waals surface area contributed by atoms with E-state index >= 15 is 0 Å². The Balaban J connectivity index is 2.51. The minimum atomic E-state index is 0.0593. The van der Waals surface area contributed by atoms with Crippen molar-refractivity contribution in [3.63, 3.8) is 0 Å². The molecule has 0 aliphatic heterocycles. The Hall–Kier alpha value is -1.27. The van der Waals surface area contributed by atoms with E-state index in [1.165, 1.54) is 0 Å². The van der Waals surface area contributed by atoms with Crippen molar-refractivity contribution in [3.8, 4) is 11.8 Å². The average Bonchev–Trinajstić information content (AvgIpc) is 2.60. The van der Waals surface area contributed by atoms with E-state index in [0.29, 0.717) is 6.54 Å². The third kappa shape index (κ3) is 6.46. The Morgan fingerprint density at radius 2 is 1.89 bits per heavy atom. The second kappa shape index (κ2) is 5.58. The topological polar surface area (TPSA) is 29.9 Å². The second-order valence-corrected chi connectivity index (χ2v) is 6.66. The molecule has 0 aliphatic carbocycles. The quantitative estimate of drug-likeness (QED) is 0.832. The Kier molecular flexibility index (Phi) is 4.59. The number of nitrogens with zero attached hydrogens (tertiary/aromatic N) is 2. The van der Waals surface area contributed by atoms with Crippen molar-refractivity contribution in [3.05, 3.63) is 18.0 Å². The first-order valence-electron chi connectivity index (χ1n) is 6.43. The van der Waals surface area contributed by atoms with Gasteiger partial charge in [-0.3, -0.25) is 4.68 Å². The molecule has 0 fully saturated rings. The molecule has 0 aromatic carbocycles. The zero-order valence-corrected chi connectivity index (χ0v) is 12.5. The molecule has 0 atom stereocenters. The molecule has 1 aromatic rings. The van der Waals surface area contributed by atoms with Gasteiger partial charge in [-0.15, -0.1) is 0 Å². The third-order valence-electron chi connectivity index (χ3n) is 2.20. The number of aromatic nitrogens is 2. The van der Waals surface area contributed by atoms with Crippen molar-refractivity contribution < 1.29 is 0 Å². The smallest absolute Gasteiger partial charge is 0.102 e. The van der Waals surface area contributed by atoms with Crippen molar-refractivity contribution in [1.82, 2.24) is 15.1 Å². The highest BCUT2D eigenvalue weighted by Crippen LogP contribution is 2.09. The second-order valence-electron chi connectivity index (χ2n) is 6.66. The van der Waals surface area contributed by atoms with Crippen LogP contribution in [0.2, 0.25) is 0 Å². The standard InChI is InChI=1S/C15H25N3/c1-14(2,3)9-7-10-18-11-8-13(17-18)12-16-15(4,5)6/h8,11,16H,10,12H2,1-6H3. The lowest BCUT2D eigenvalue weighted by molar-refractivity contribution is 0.419. The number of nitrogens with one attached hydrogen (secondary N) is 1. The van der Waals surface area contributed by atoms with Crippen LogP contribution in [0.4, 0.5) is 0 Å². The molecule has 0 saturated heterocycles. The fraction of sp³-hybridized carbons (Fsp3) is 0.667. The van der Waals surface area contributed by atoms with Gasteiger partial charge in [-0.1, -0.05) is 11.8 Å². The van der Waals surface area contributed by atoms with Crippen molar-refractivity contribution in [2.45, 2.75) is 60.2 Å². The predicted molar refractivity (Wildman–Crippen MR) is 76.1 cm³/mol. The van der Waals surface area contributed by atoms with Gasteiger partial charge in [0, 0.05) is 23.7 Å². The van der Waals surface area contributed by atoms with Gasteiger partial charge >= 0.3 is 0 Å². The summed E-state index contributed by atoms with van der Waals surface area (Å²) in [5.41, 5.74) is 1.24. The molecule has 1 rings (SSSR count). The molecular formula is C15H25N3. The highest BCUT2D eigenvalue weighted by atomic mass is 15.3. The first kappa shape index (κ1) is 14.8. The van der Waals surface area contributed by atoms with Crippen LogP contribution < -0.4 is 5.32 Å². The van der Waals surface area contributed by atoms with E-state index in [1.807, 2.05) is 16.9 Å². The summed E-state index contributed by atoms with van der Waals surface area (Å²) in [6, 6.07) is 2.04. The third-order valence-corrected chi connectivity index (χ3v) is 2.20. The number of rotatable bonds is 3. The summed E-state index contributed by atoms with van der Waals surface area (Å²) < 4.78 is 1.89. The fourth-order valence-electron chi connectivity index (χ4n) is 1.33. The van der Waals surface area contributed by atoms with Crippen molar-refractivity contribution in [2.24, 2.45) is 5.41 Å². The van der Waals surface area contributed by atoms with Crippen molar-refractivity contribution in [1.29, 1.82) is 0 Å². The highest BCUT2D eigenvalue weighted by molar-refractivity contribution is 5.08. The summed E-state index contributed by atoms with van der Waals surface area (Å²) in [6.07, 6.45) is 1.98. The van der Waals surface area contributed by atoms with Gasteiger partial charge in [-0.2, -0.15) is 5.10 Å². The van der Waals surface area contributed by atoms with E-state index in [2.05, 4.69) is 63.8 Å². The zero-order chi connectivity index (χ0) is 13.8. The first-order chi connectivity index (χ1) is 8.16. The van der Waals surface area contributed by atoms with Crippen LogP contribution in [0.25, 0.3) is 0 Å². The van der Waals surface area contributed by atoms with Crippen LogP contribution >= 0.6 is 0 Å². The largest absolute Gasteiger partial charge is 0.306 e. The van der Waals surface area contributed by atoms with Crippen LogP contribution in [0.1, 0.15) is 47.2 Å². The van der Waals surface area contributed by atoms with E-state index < -0.39 is 0 Å². The Morgan fingerprint density at radius 3 is 2.44 bits per heavy atom. The molecule has 1 N–H and O–H groups in total. The highest BCUT2D eigenvalue weighted by Gasteiger charge is 2.09. The van der Waals surface area contributed by atoms with Crippen LogP contribution in [-0.2, 0) is 13.1 Å². The minimum absolute atomic E-state index is 0.0593. The minimum Gasteiger partial charge on any atom is -0.306 e. The lowest BCUT2D eigenvalue weighted by atomic mass is 9.98. The van der Waals surface area contributed by atoms with E-state index in [0.717, 1.165) is 12.2 Å². The molecule has 100 valence electrons. The number of hydrogen-bond acceptors (Lipinski definition) is 2. The van der Waals surface area contributed by atoms with Gasteiger partial charge in [-0.05, 0) is 47.6 Å². The summed E-state index contributed by atoms with van der Waals surface area (Å²) >= 11 is 0. The maximum Gasteiger partial charge on any atom is 0.102 e. The van der Waals surface area contributed by atoms with E-state index in [4.69, 9.17) is 0 Å². The van der Waals surface area contributed by atoms with Gasteiger partial charge in [0.25, 0.3) is 0 Å². The van der Waals surface area contributed by atoms with Crippen LogP contribution in [0, 0.1) is 17.3 Å². The summed E-state index contributed by atoms with van der Waals surface area (Å²) in [5, 5.41) is 7.90. The number of hydrogen-bond donors (Lipinski definition) is 1. The molecule has 0 spiro atoms. The molecule has 1 aromatic heterocycles. The Morgan fingerprint density at radius 1 is 1.22 bits per heavy atom. The monoisotopic (exact) mass is 247 g/mol. The summed E-state index contributed by atoms with van der Waals surface area (Å²) in [7, 11) is 0. The summed E-state index contributed by atoms with van der Waals surface area (Å²) in [4.78, 5) is 0. The van der Waals surface area contributed by atoms with Crippen molar-refractivity contribution >= 4 is 0 Å². The Labute approximate surface area is 111 Å². The molecule has 18 heavy (non-hydrogen) atoms. The maximum atomic E-state index is 4.48. The summed E-state index contributed by atoms with van der Waals surface area (Å²) in [5.74, 6) is 6.37. The first-order valence-corrected chi connectivity index (χ1v) is 6.43. The fourth-order valence-corrected chi connectivity index (χ4v) is 1.33. The molecule has 3 heteroatoms. The lowest BCUT2D eigenvalue weighted by Gasteiger charge is -2.19. The average molecular weight is 247 g/mol. The van der Waals surface area contributed by atoms with E-state index in [1.54, 1.807) is 0 Å². The molecule has 0 saturated carbocycles. The predicted octanol–water partition coefficient (Wildman–Crippen LogP) is 2.82. The molecule has 3 nitrogen and oxygen atoms in total. The van der Waals surface area contributed by atoms with E-state index in [-0.39, 0.29) is 11.0 Å². The van der Waals surface area contributed by atoms with Crippen LogP contribution in [0.15, 0.2) is 12.3 Å². The summed E-state index contributed by atoms with van der Waals surface area (Å²) in [6.45, 7) is 14.2. The van der Waals surface area contributed by atoms with Crippen molar-refractivity contribution in [2.75, 3.05) is 0 Å². The molecule has 0 bridgehead atoms. The SMILES string of the molecule is CC(C)(C)C#CCn1ccc(CNC(C)(C)C)n1. The molecular weight excluding hydrogens is 222 g/mol. The zero-order valence-electron chi connectivity index (χ0n) is 12.5. The van der Waals surface area contributed by atoms with E-state index in [9.17, 15) is 0 Å². The van der Waals surface area contributed by atoms with Gasteiger partial charge in [0.05, 0.1) is 5.69 Å².